The molecule has 0 fully saturated rings. The van der Waals surface area contributed by atoms with E-state index in [1.165, 1.54) is 19.3 Å². The van der Waals surface area contributed by atoms with Crippen molar-refractivity contribution in [1.82, 2.24) is 5.32 Å². The minimum atomic E-state index is -1.08. The standard InChI is InChI=1S/C23H42N2O7/c1-5-6-7-8-9-10-11-13-17(16-19(24)26)31-21(29)18(14-12-15-20(27)28)25-22(30)32-23(2,3)4/h17-18H,5-16H2,1-4H3,(H2,24,26)(H,25,30)(H,27,28)/t17?,18-/m0/s1. The first kappa shape index (κ1) is 29.7. The Balaban J connectivity index is 4.89. The highest BCUT2D eigenvalue weighted by Gasteiger charge is 2.28. The van der Waals surface area contributed by atoms with E-state index in [9.17, 15) is 19.2 Å². The Kier molecular flexibility index (Phi) is 15.1. The highest BCUT2D eigenvalue weighted by atomic mass is 16.6. The number of hydrogen-bond acceptors (Lipinski definition) is 6. The van der Waals surface area contributed by atoms with Crippen molar-refractivity contribution in [2.24, 2.45) is 5.73 Å². The number of ether oxygens (including phenoxy) is 2. The molecule has 1 unspecified atom stereocenters. The number of carbonyl (C=O) groups is 4. The van der Waals surface area contributed by atoms with Gasteiger partial charge < -0.3 is 25.6 Å². The average molecular weight is 459 g/mol. The monoisotopic (exact) mass is 458 g/mol. The maximum Gasteiger partial charge on any atom is 0.408 e. The van der Waals surface area contributed by atoms with E-state index in [4.69, 9.17) is 20.3 Å². The molecule has 0 aromatic carbocycles. The quantitative estimate of drug-likeness (QED) is 0.220. The van der Waals surface area contributed by atoms with Gasteiger partial charge in [0, 0.05) is 6.42 Å². The van der Waals surface area contributed by atoms with Crippen molar-refractivity contribution in [3.8, 4) is 0 Å². The van der Waals surface area contributed by atoms with Crippen LogP contribution in [0.15, 0.2) is 0 Å². The van der Waals surface area contributed by atoms with E-state index in [2.05, 4.69) is 12.2 Å². The van der Waals surface area contributed by atoms with Crippen LogP contribution in [-0.2, 0) is 23.9 Å². The Labute approximate surface area is 191 Å². The number of unbranched alkanes of at least 4 members (excludes halogenated alkanes) is 6. The molecule has 0 rings (SSSR count). The minimum Gasteiger partial charge on any atom is -0.481 e. The van der Waals surface area contributed by atoms with E-state index in [1.807, 2.05) is 0 Å². The normalized spacial score (nSPS) is 13.1. The third-order valence-electron chi connectivity index (χ3n) is 4.70. The summed E-state index contributed by atoms with van der Waals surface area (Å²) in [6.07, 6.45) is 6.60. The van der Waals surface area contributed by atoms with Gasteiger partial charge in [-0.2, -0.15) is 0 Å². The number of aliphatic carboxylic acids is 1. The first-order chi connectivity index (χ1) is 14.9. The van der Waals surface area contributed by atoms with E-state index < -0.39 is 41.7 Å². The molecule has 0 radical (unpaired) electrons. The molecular formula is C23H42N2O7. The van der Waals surface area contributed by atoms with Gasteiger partial charge in [-0.1, -0.05) is 45.4 Å². The van der Waals surface area contributed by atoms with Gasteiger partial charge in [0.05, 0.1) is 6.42 Å². The molecule has 9 heteroatoms. The number of alkyl carbamates (subject to hydrolysis) is 1. The lowest BCUT2D eigenvalue weighted by molar-refractivity contribution is -0.153. The predicted molar refractivity (Wildman–Crippen MR) is 121 cm³/mol. The van der Waals surface area contributed by atoms with E-state index in [0.29, 0.717) is 6.42 Å². The second-order valence-electron chi connectivity index (χ2n) is 9.12. The number of carboxylic acid groups (broad SMARTS) is 1. The number of carbonyl (C=O) groups excluding carboxylic acids is 3. The molecule has 0 aliphatic rings. The van der Waals surface area contributed by atoms with E-state index >= 15 is 0 Å². The van der Waals surface area contributed by atoms with Crippen LogP contribution in [0.4, 0.5) is 4.79 Å². The number of primary amides is 1. The number of amides is 2. The molecule has 0 aliphatic heterocycles. The van der Waals surface area contributed by atoms with Crippen LogP contribution in [0.25, 0.3) is 0 Å². The smallest absolute Gasteiger partial charge is 0.408 e. The second-order valence-corrected chi connectivity index (χ2v) is 9.12. The summed E-state index contributed by atoms with van der Waals surface area (Å²) in [5, 5.41) is 11.3. The zero-order chi connectivity index (χ0) is 24.6. The molecular weight excluding hydrogens is 416 g/mol. The van der Waals surface area contributed by atoms with Gasteiger partial charge in [0.1, 0.15) is 17.7 Å². The fourth-order valence-corrected chi connectivity index (χ4v) is 3.16. The Morgan fingerprint density at radius 2 is 1.53 bits per heavy atom. The number of nitrogens with two attached hydrogens (primary N) is 1. The second kappa shape index (κ2) is 16.3. The number of hydrogen-bond donors (Lipinski definition) is 3. The maximum absolute atomic E-state index is 12.7. The van der Waals surface area contributed by atoms with Gasteiger partial charge in [-0.3, -0.25) is 9.59 Å². The molecule has 0 saturated carbocycles. The summed E-state index contributed by atoms with van der Waals surface area (Å²) >= 11 is 0. The van der Waals surface area contributed by atoms with Crippen LogP contribution in [0.3, 0.4) is 0 Å². The topological polar surface area (TPSA) is 145 Å². The van der Waals surface area contributed by atoms with Gasteiger partial charge >= 0.3 is 18.0 Å². The van der Waals surface area contributed by atoms with Gasteiger partial charge in [0.15, 0.2) is 0 Å². The predicted octanol–water partition coefficient (Wildman–Crippen LogP) is 4.06. The molecule has 2 amide bonds. The van der Waals surface area contributed by atoms with Gasteiger partial charge in [0.25, 0.3) is 0 Å². The van der Waals surface area contributed by atoms with Crippen LogP contribution >= 0.6 is 0 Å². The third-order valence-corrected chi connectivity index (χ3v) is 4.70. The SMILES string of the molecule is CCCCCCCCCC(CC(N)=O)OC(=O)[C@H](CCCC(=O)O)NC(=O)OC(C)(C)C. The molecule has 2 atom stereocenters. The summed E-state index contributed by atoms with van der Waals surface area (Å²) in [6.45, 7) is 7.23. The Morgan fingerprint density at radius 3 is 2.06 bits per heavy atom. The van der Waals surface area contributed by atoms with Crippen molar-refractivity contribution in [3.05, 3.63) is 0 Å². The van der Waals surface area contributed by atoms with Crippen LogP contribution < -0.4 is 11.1 Å². The summed E-state index contributed by atoms with van der Waals surface area (Å²) < 4.78 is 10.7. The van der Waals surface area contributed by atoms with Crippen molar-refractivity contribution in [3.63, 3.8) is 0 Å². The van der Waals surface area contributed by atoms with Crippen molar-refractivity contribution in [1.29, 1.82) is 0 Å². The van der Waals surface area contributed by atoms with Crippen LogP contribution in [0.1, 0.15) is 105 Å². The van der Waals surface area contributed by atoms with Gasteiger partial charge in [-0.05, 0) is 46.5 Å². The molecule has 0 saturated heterocycles. The van der Waals surface area contributed by atoms with Gasteiger partial charge in [0.2, 0.25) is 5.91 Å². The van der Waals surface area contributed by atoms with Crippen molar-refractivity contribution < 1.29 is 33.8 Å². The number of carboxylic acids is 1. The summed E-state index contributed by atoms with van der Waals surface area (Å²) in [5.74, 6) is -2.30. The van der Waals surface area contributed by atoms with Crippen molar-refractivity contribution in [2.45, 2.75) is 122 Å². The van der Waals surface area contributed by atoms with Crippen molar-refractivity contribution in [2.75, 3.05) is 0 Å². The Morgan fingerprint density at radius 1 is 0.938 bits per heavy atom. The lowest BCUT2D eigenvalue weighted by atomic mass is 10.0. The summed E-state index contributed by atoms with van der Waals surface area (Å²) in [5.41, 5.74) is 4.55. The molecule has 4 N–H and O–H groups in total. The molecule has 0 aromatic heterocycles. The lowest BCUT2D eigenvalue weighted by Gasteiger charge is -2.24. The molecule has 0 heterocycles. The fraction of sp³-hybridized carbons (Fsp3) is 0.826. The minimum absolute atomic E-state index is 0.0745. The third kappa shape index (κ3) is 17.4. The molecule has 0 aromatic rings. The van der Waals surface area contributed by atoms with Gasteiger partial charge in [-0.15, -0.1) is 0 Å². The zero-order valence-corrected chi connectivity index (χ0v) is 20.1. The maximum atomic E-state index is 12.7. The zero-order valence-electron chi connectivity index (χ0n) is 20.1. The molecule has 0 spiro atoms. The van der Waals surface area contributed by atoms with Crippen LogP contribution in [0, 0.1) is 0 Å². The Hall–Kier alpha value is -2.32. The highest BCUT2D eigenvalue weighted by molar-refractivity contribution is 5.82. The Bertz CT molecular complexity index is 587. The van der Waals surface area contributed by atoms with Crippen molar-refractivity contribution >= 4 is 23.9 Å². The summed E-state index contributed by atoms with van der Waals surface area (Å²) in [4.78, 5) is 47.1. The fourth-order valence-electron chi connectivity index (χ4n) is 3.16. The number of rotatable bonds is 17. The summed E-state index contributed by atoms with van der Waals surface area (Å²) in [7, 11) is 0. The van der Waals surface area contributed by atoms with Crippen LogP contribution in [-0.4, -0.2) is 46.8 Å². The largest absolute Gasteiger partial charge is 0.481 e. The van der Waals surface area contributed by atoms with Crippen LogP contribution in [0.5, 0.6) is 0 Å². The molecule has 9 nitrogen and oxygen atoms in total. The lowest BCUT2D eigenvalue weighted by Crippen LogP contribution is -2.45. The van der Waals surface area contributed by atoms with Gasteiger partial charge in [-0.25, -0.2) is 9.59 Å². The molecule has 32 heavy (non-hydrogen) atoms. The molecule has 186 valence electrons. The first-order valence-corrected chi connectivity index (χ1v) is 11.6. The summed E-state index contributed by atoms with van der Waals surface area (Å²) in [6, 6.07) is -1.08. The van der Waals surface area contributed by atoms with E-state index in [-0.39, 0.29) is 25.7 Å². The number of esters is 1. The molecule has 0 aliphatic carbocycles. The van der Waals surface area contributed by atoms with E-state index in [0.717, 1.165) is 25.7 Å². The first-order valence-electron chi connectivity index (χ1n) is 11.6. The highest BCUT2D eigenvalue weighted by Crippen LogP contribution is 2.16. The molecule has 0 bridgehead atoms. The van der Waals surface area contributed by atoms with Crippen LogP contribution in [0.2, 0.25) is 0 Å². The number of nitrogens with one attached hydrogen (secondary N) is 1. The average Bonchev–Trinajstić information content (AvgIpc) is 2.64. The van der Waals surface area contributed by atoms with E-state index in [1.54, 1.807) is 20.8 Å².